The normalized spacial score (nSPS) is 11.5. The minimum atomic E-state index is -3.53. The number of aromatic amines is 1. The zero-order valence-electron chi connectivity index (χ0n) is 17.0. The molecule has 2 aromatic heterocycles. The summed E-state index contributed by atoms with van der Waals surface area (Å²) in [7, 11) is -1.95. The van der Waals surface area contributed by atoms with Gasteiger partial charge in [0.1, 0.15) is 17.0 Å². The first-order valence-corrected chi connectivity index (χ1v) is 11.7. The Kier molecular flexibility index (Phi) is 5.53. The molecular formula is C22H18ClN3O5S. The van der Waals surface area contributed by atoms with Gasteiger partial charge in [0.05, 0.1) is 11.9 Å². The fourth-order valence-electron chi connectivity index (χ4n) is 3.38. The molecule has 0 bridgehead atoms. The fourth-order valence-corrected chi connectivity index (χ4v) is 4.03. The van der Waals surface area contributed by atoms with Crippen LogP contribution >= 0.6 is 11.6 Å². The van der Waals surface area contributed by atoms with Crippen LogP contribution in [0.3, 0.4) is 0 Å². The molecule has 0 aliphatic rings. The number of carbonyl (C=O) groups excluding carboxylic acids is 1. The summed E-state index contributed by atoms with van der Waals surface area (Å²) in [6, 6.07) is 15.4. The third-order valence-corrected chi connectivity index (χ3v) is 5.53. The van der Waals surface area contributed by atoms with Gasteiger partial charge in [0, 0.05) is 35.4 Å². The van der Waals surface area contributed by atoms with Crippen molar-refractivity contribution in [1.82, 2.24) is 9.55 Å². The SMILES string of the molecule is Cn1cc(-c2cc(NS(C)(=O)=O)ccc2Oc2ccccc2)c2cc(C(=O)Cl)[nH]c2c1=O. The number of halogens is 1. The number of pyridine rings is 1. The summed E-state index contributed by atoms with van der Waals surface area (Å²) in [6.45, 7) is 0. The Morgan fingerprint density at radius 2 is 1.81 bits per heavy atom. The molecule has 0 fully saturated rings. The monoisotopic (exact) mass is 471 g/mol. The molecule has 0 spiro atoms. The standard InChI is InChI=1S/C22H18ClN3O5S/c1-26-12-17(16-11-18(21(23)27)24-20(16)22(26)28)15-10-13(25-32(2,29)30)8-9-19(15)31-14-6-4-3-5-7-14/h3-12,24-25H,1-2H3. The first-order valence-electron chi connectivity index (χ1n) is 9.39. The van der Waals surface area contributed by atoms with Crippen LogP contribution in [0.25, 0.3) is 22.0 Å². The number of rotatable bonds is 6. The summed E-state index contributed by atoms with van der Waals surface area (Å²) < 4.78 is 33.4. The maximum Gasteiger partial charge on any atom is 0.274 e. The van der Waals surface area contributed by atoms with Gasteiger partial charge >= 0.3 is 0 Å². The van der Waals surface area contributed by atoms with Crippen LogP contribution in [0.1, 0.15) is 10.5 Å². The Bertz CT molecular complexity index is 1510. The number of aromatic nitrogens is 2. The molecule has 10 heteroatoms. The Balaban J connectivity index is 1.99. The van der Waals surface area contributed by atoms with Crippen molar-refractivity contribution in [2.45, 2.75) is 0 Å². The second-order valence-electron chi connectivity index (χ2n) is 7.20. The van der Waals surface area contributed by atoms with Gasteiger partial charge in [-0.3, -0.25) is 14.3 Å². The molecule has 0 aliphatic carbocycles. The Morgan fingerprint density at radius 3 is 2.47 bits per heavy atom. The first-order chi connectivity index (χ1) is 15.1. The number of para-hydroxylation sites is 1. The molecule has 0 radical (unpaired) electrons. The highest BCUT2D eigenvalue weighted by Gasteiger charge is 2.19. The smallest absolute Gasteiger partial charge is 0.274 e. The Morgan fingerprint density at radius 1 is 1.09 bits per heavy atom. The predicted molar refractivity (Wildman–Crippen MR) is 124 cm³/mol. The minimum Gasteiger partial charge on any atom is -0.457 e. The van der Waals surface area contributed by atoms with Crippen molar-refractivity contribution in [2.24, 2.45) is 7.05 Å². The Hall–Kier alpha value is -3.56. The second-order valence-corrected chi connectivity index (χ2v) is 9.30. The van der Waals surface area contributed by atoms with Crippen molar-refractivity contribution in [3.8, 4) is 22.6 Å². The fraction of sp³-hybridized carbons (Fsp3) is 0.0909. The summed E-state index contributed by atoms with van der Waals surface area (Å²) >= 11 is 5.62. The zero-order chi connectivity index (χ0) is 23.0. The molecule has 2 heterocycles. The van der Waals surface area contributed by atoms with Crippen molar-refractivity contribution in [3.63, 3.8) is 0 Å². The van der Waals surface area contributed by atoms with Gasteiger partial charge in [-0.15, -0.1) is 0 Å². The highest BCUT2D eigenvalue weighted by Crippen LogP contribution is 2.38. The number of carbonyl (C=O) groups is 1. The average Bonchev–Trinajstić information content (AvgIpc) is 3.18. The van der Waals surface area contributed by atoms with E-state index in [1.165, 1.54) is 10.6 Å². The second kappa shape index (κ2) is 8.18. The van der Waals surface area contributed by atoms with E-state index in [2.05, 4.69) is 9.71 Å². The largest absolute Gasteiger partial charge is 0.457 e. The van der Waals surface area contributed by atoms with Gasteiger partial charge < -0.3 is 14.3 Å². The summed E-state index contributed by atoms with van der Waals surface area (Å²) in [4.78, 5) is 27.1. The lowest BCUT2D eigenvalue weighted by Crippen LogP contribution is -2.16. The number of hydrogen-bond acceptors (Lipinski definition) is 5. The molecule has 8 nitrogen and oxygen atoms in total. The van der Waals surface area contributed by atoms with Crippen molar-refractivity contribution in [1.29, 1.82) is 0 Å². The van der Waals surface area contributed by atoms with Crippen LogP contribution in [-0.4, -0.2) is 29.5 Å². The molecular weight excluding hydrogens is 454 g/mol. The molecule has 2 N–H and O–H groups in total. The molecule has 0 aliphatic heterocycles. The van der Waals surface area contributed by atoms with E-state index < -0.39 is 15.3 Å². The van der Waals surface area contributed by atoms with Crippen molar-refractivity contribution >= 4 is 43.5 Å². The van der Waals surface area contributed by atoms with E-state index >= 15 is 0 Å². The number of nitrogens with zero attached hydrogens (tertiary/aromatic N) is 1. The number of aryl methyl sites for hydroxylation is 1. The molecule has 0 unspecified atom stereocenters. The molecule has 32 heavy (non-hydrogen) atoms. The highest BCUT2D eigenvalue weighted by atomic mass is 35.5. The van der Waals surface area contributed by atoms with Gasteiger partial charge in [-0.25, -0.2) is 8.42 Å². The van der Waals surface area contributed by atoms with E-state index in [0.29, 0.717) is 33.7 Å². The lowest BCUT2D eigenvalue weighted by molar-refractivity contribution is 0.107. The van der Waals surface area contributed by atoms with Crippen LogP contribution in [0.2, 0.25) is 0 Å². The van der Waals surface area contributed by atoms with Gasteiger partial charge in [-0.05, 0) is 48.0 Å². The first kappa shape index (κ1) is 21.7. The van der Waals surface area contributed by atoms with Gasteiger partial charge in [0.15, 0.2) is 0 Å². The molecule has 0 amide bonds. The van der Waals surface area contributed by atoms with E-state index in [4.69, 9.17) is 16.3 Å². The van der Waals surface area contributed by atoms with E-state index in [-0.39, 0.29) is 16.8 Å². The number of H-pyrrole nitrogens is 1. The van der Waals surface area contributed by atoms with Crippen molar-refractivity contribution in [3.05, 3.63) is 76.8 Å². The van der Waals surface area contributed by atoms with E-state index in [1.54, 1.807) is 43.6 Å². The van der Waals surface area contributed by atoms with E-state index in [1.807, 2.05) is 18.2 Å². The van der Waals surface area contributed by atoms with Gasteiger partial charge in [-0.2, -0.15) is 0 Å². The zero-order valence-corrected chi connectivity index (χ0v) is 18.6. The summed E-state index contributed by atoms with van der Waals surface area (Å²) in [5.74, 6) is 1.000. The van der Waals surface area contributed by atoms with Gasteiger partial charge in [0.25, 0.3) is 10.8 Å². The summed E-state index contributed by atoms with van der Waals surface area (Å²) in [5, 5.41) is -0.283. The summed E-state index contributed by atoms with van der Waals surface area (Å²) in [6.07, 6.45) is 2.65. The average molecular weight is 472 g/mol. The number of anilines is 1. The lowest BCUT2D eigenvalue weighted by Gasteiger charge is -2.15. The lowest BCUT2D eigenvalue weighted by atomic mass is 10.0. The number of nitrogens with one attached hydrogen (secondary N) is 2. The van der Waals surface area contributed by atoms with Crippen LogP contribution in [0.15, 0.2) is 65.6 Å². The van der Waals surface area contributed by atoms with Crippen molar-refractivity contribution in [2.75, 3.05) is 11.0 Å². The topological polar surface area (TPSA) is 110 Å². The maximum absolute atomic E-state index is 12.6. The predicted octanol–water partition coefficient (Wildman–Crippen LogP) is 4.08. The molecule has 0 saturated carbocycles. The summed E-state index contributed by atoms with van der Waals surface area (Å²) in [5.41, 5.74) is 1.29. The highest BCUT2D eigenvalue weighted by molar-refractivity contribution is 7.92. The third kappa shape index (κ3) is 4.39. The maximum atomic E-state index is 12.6. The number of ether oxygens (including phenoxy) is 1. The van der Waals surface area contributed by atoms with Gasteiger partial charge in [-0.1, -0.05) is 18.2 Å². The van der Waals surface area contributed by atoms with Crippen LogP contribution in [-0.2, 0) is 17.1 Å². The third-order valence-electron chi connectivity index (χ3n) is 4.72. The van der Waals surface area contributed by atoms with Crippen LogP contribution < -0.4 is 15.0 Å². The molecule has 4 aromatic rings. The minimum absolute atomic E-state index is 0.0714. The number of benzene rings is 2. The number of sulfonamides is 1. The number of hydrogen-bond donors (Lipinski definition) is 2. The van der Waals surface area contributed by atoms with Crippen molar-refractivity contribution < 1.29 is 17.9 Å². The molecule has 2 aromatic carbocycles. The van der Waals surface area contributed by atoms with E-state index in [9.17, 15) is 18.0 Å². The number of fused-ring (bicyclic) bond motifs is 1. The van der Waals surface area contributed by atoms with Crippen LogP contribution in [0, 0.1) is 0 Å². The molecule has 0 atom stereocenters. The van der Waals surface area contributed by atoms with Crippen LogP contribution in [0.5, 0.6) is 11.5 Å². The molecule has 0 saturated heterocycles. The van der Waals surface area contributed by atoms with Crippen LogP contribution in [0.4, 0.5) is 5.69 Å². The quantitative estimate of drug-likeness (QED) is 0.412. The van der Waals surface area contributed by atoms with E-state index in [0.717, 1.165) is 6.26 Å². The van der Waals surface area contributed by atoms with Gasteiger partial charge in [0.2, 0.25) is 10.0 Å². The molecule has 4 rings (SSSR count). The molecule has 164 valence electrons. The Labute approximate surface area is 188 Å².